The van der Waals surface area contributed by atoms with Crippen LogP contribution >= 0.6 is 11.8 Å². The van der Waals surface area contributed by atoms with Crippen molar-refractivity contribution in [3.63, 3.8) is 0 Å². The van der Waals surface area contributed by atoms with Gasteiger partial charge in [-0.25, -0.2) is 4.98 Å². The van der Waals surface area contributed by atoms with Gasteiger partial charge in [0.05, 0.1) is 0 Å². The Morgan fingerprint density at radius 3 is 2.72 bits per heavy atom. The number of pyridine rings is 1. The van der Waals surface area contributed by atoms with Gasteiger partial charge in [-0.1, -0.05) is 0 Å². The fourth-order valence-electron chi connectivity index (χ4n) is 2.11. The molecule has 4 heteroatoms. The van der Waals surface area contributed by atoms with Crippen LogP contribution < -0.4 is 10.2 Å². The number of rotatable bonds is 7. The summed E-state index contributed by atoms with van der Waals surface area (Å²) in [5.41, 5.74) is 3.73. The molecular formula is C14H25N3S. The third-order valence-corrected chi connectivity index (χ3v) is 3.71. The zero-order valence-electron chi connectivity index (χ0n) is 12.2. The second-order valence-corrected chi connectivity index (χ2v) is 5.67. The third kappa shape index (κ3) is 4.18. The van der Waals surface area contributed by atoms with E-state index in [9.17, 15) is 0 Å². The maximum Gasteiger partial charge on any atom is 0.133 e. The lowest BCUT2D eigenvalue weighted by atomic mass is 10.1. The molecule has 18 heavy (non-hydrogen) atoms. The van der Waals surface area contributed by atoms with E-state index in [1.807, 2.05) is 18.8 Å². The van der Waals surface area contributed by atoms with Gasteiger partial charge in [0.25, 0.3) is 0 Å². The quantitative estimate of drug-likeness (QED) is 0.769. The maximum absolute atomic E-state index is 4.71. The Balaban J connectivity index is 2.90. The van der Waals surface area contributed by atoms with E-state index in [-0.39, 0.29) is 0 Å². The normalized spacial score (nSPS) is 10.7. The molecule has 0 aliphatic carbocycles. The van der Waals surface area contributed by atoms with Crippen molar-refractivity contribution in [1.82, 2.24) is 10.3 Å². The van der Waals surface area contributed by atoms with E-state index in [1.54, 1.807) is 0 Å². The number of aryl methyl sites for hydroxylation is 2. The molecule has 1 aromatic rings. The van der Waals surface area contributed by atoms with Gasteiger partial charge < -0.3 is 10.2 Å². The molecule has 3 nitrogen and oxygen atoms in total. The molecule has 0 aromatic carbocycles. The van der Waals surface area contributed by atoms with Gasteiger partial charge in [0.1, 0.15) is 5.82 Å². The Bertz CT molecular complexity index is 380. The van der Waals surface area contributed by atoms with Crippen molar-refractivity contribution >= 4 is 17.6 Å². The van der Waals surface area contributed by atoms with Crippen LogP contribution in [0.3, 0.4) is 0 Å². The number of nitrogens with one attached hydrogen (secondary N) is 1. The average molecular weight is 267 g/mol. The molecule has 0 radical (unpaired) electrons. The average Bonchev–Trinajstić information content (AvgIpc) is 2.32. The van der Waals surface area contributed by atoms with E-state index in [0.29, 0.717) is 0 Å². The number of nitrogens with zero attached hydrogens (tertiary/aromatic N) is 2. The fraction of sp³-hybridized carbons (Fsp3) is 0.643. The second-order valence-electron chi connectivity index (χ2n) is 4.68. The molecule has 0 amide bonds. The summed E-state index contributed by atoms with van der Waals surface area (Å²) in [5.74, 6) is 2.33. The monoisotopic (exact) mass is 267 g/mol. The number of hydrogen-bond donors (Lipinski definition) is 1. The highest BCUT2D eigenvalue weighted by Crippen LogP contribution is 2.22. The van der Waals surface area contributed by atoms with E-state index >= 15 is 0 Å². The summed E-state index contributed by atoms with van der Waals surface area (Å²) in [4.78, 5) is 6.99. The molecule has 0 spiro atoms. The van der Waals surface area contributed by atoms with E-state index in [2.05, 4.69) is 43.4 Å². The minimum Gasteiger partial charge on any atom is -0.359 e. The Kier molecular flexibility index (Phi) is 6.50. The molecule has 0 saturated carbocycles. The summed E-state index contributed by atoms with van der Waals surface area (Å²) in [7, 11) is 4.12. The van der Waals surface area contributed by atoms with Gasteiger partial charge in [0.15, 0.2) is 0 Å². The van der Waals surface area contributed by atoms with Gasteiger partial charge in [-0.2, -0.15) is 11.8 Å². The van der Waals surface area contributed by atoms with Gasteiger partial charge in [0.2, 0.25) is 0 Å². The van der Waals surface area contributed by atoms with E-state index in [0.717, 1.165) is 24.6 Å². The zero-order valence-corrected chi connectivity index (χ0v) is 13.0. The molecule has 1 aromatic heterocycles. The van der Waals surface area contributed by atoms with Crippen molar-refractivity contribution in [3.8, 4) is 0 Å². The highest BCUT2D eigenvalue weighted by atomic mass is 32.2. The lowest BCUT2D eigenvalue weighted by Crippen LogP contribution is -2.24. The second kappa shape index (κ2) is 7.64. The van der Waals surface area contributed by atoms with Crippen molar-refractivity contribution in [2.45, 2.75) is 26.8 Å². The van der Waals surface area contributed by atoms with Gasteiger partial charge in [-0.3, -0.25) is 0 Å². The standard InChI is InChI=1S/C14H25N3S/c1-11-9-12(2)16-14(13(11)10-15-3)17(4)7-6-8-18-5/h9,15H,6-8,10H2,1-5H3. The Morgan fingerprint density at radius 1 is 1.39 bits per heavy atom. The lowest BCUT2D eigenvalue weighted by Gasteiger charge is -2.23. The predicted molar refractivity (Wildman–Crippen MR) is 82.7 cm³/mol. The van der Waals surface area contributed by atoms with E-state index < -0.39 is 0 Å². The van der Waals surface area contributed by atoms with Crippen molar-refractivity contribution in [3.05, 3.63) is 22.9 Å². The molecule has 0 bridgehead atoms. The van der Waals surface area contributed by atoms with Gasteiger partial charge in [0, 0.05) is 31.4 Å². The first-order valence-electron chi connectivity index (χ1n) is 6.42. The van der Waals surface area contributed by atoms with Crippen LogP contribution in [0.5, 0.6) is 0 Å². The van der Waals surface area contributed by atoms with Crippen LogP contribution in [0.25, 0.3) is 0 Å². The Labute approximate surface area is 115 Å². The maximum atomic E-state index is 4.71. The minimum atomic E-state index is 0.876. The number of thioether (sulfide) groups is 1. The van der Waals surface area contributed by atoms with Crippen molar-refractivity contribution < 1.29 is 0 Å². The highest BCUT2D eigenvalue weighted by molar-refractivity contribution is 7.98. The summed E-state index contributed by atoms with van der Waals surface area (Å²) < 4.78 is 0. The molecule has 102 valence electrons. The summed E-state index contributed by atoms with van der Waals surface area (Å²) in [6.07, 6.45) is 3.35. The van der Waals surface area contributed by atoms with Crippen LogP contribution in [0.15, 0.2) is 6.07 Å². The van der Waals surface area contributed by atoms with Crippen molar-refractivity contribution in [1.29, 1.82) is 0 Å². The molecule has 1 heterocycles. The van der Waals surface area contributed by atoms with Crippen molar-refractivity contribution in [2.75, 3.05) is 37.5 Å². The zero-order chi connectivity index (χ0) is 13.5. The van der Waals surface area contributed by atoms with Gasteiger partial charge >= 0.3 is 0 Å². The lowest BCUT2D eigenvalue weighted by molar-refractivity contribution is 0.779. The Hall–Kier alpha value is -0.740. The molecule has 1 rings (SSSR count). The molecule has 0 unspecified atom stereocenters. The topological polar surface area (TPSA) is 28.2 Å². The van der Waals surface area contributed by atoms with E-state index in [1.165, 1.54) is 23.3 Å². The molecule has 0 fully saturated rings. The predicted octanol–water partition coefficient (Wildman–Crippen LogP) is 2.61. The molecular weight excluding hydrogens is 242 g/mol. The SMILES string of the molecule is CNCc1c(C)cc(C)nc1N(C)CCCSC. The first-order chi connectivity index (χ1) is 8.60. The third-order valence-electron chi connectivity index (χ3n) is 3.01. The first kappa shape index (κ1) is 15.3. The first-order valence-corrected chi connectivity index (χ1v) is 7.81. The summed E-state index contributed by atoms with van der Waals surface area (Å²) in [5, 5.41) is 3.24. The van der Waals surface area contributed by atoms with Gasteiger partial charge in [-0.15, -0.1) is 0 Å². The fourth-order valence-corrected chi connectivity index (χ4v) is 2.52. The molecule has 1 N–H and O–H groups in total. The summed E-state index contributed by atoms with van der Waals surface area (Å²) in [6.45, 7) is 6.17. The van der Waals surface area contributed by atoms with Crippen LogP contribution in [0.2, 0.25) is 0 Å². The van der Waals surface area contributed by atoms with E-state index in [4.69, 9.17) is 4.98 Å². The van der Waals surface area contributed by atoms with Crippen LogP contribution in [-0.4, -0.2) is 37.6 Å². The molecule has 0 atom stereocenters. The number of anilines is 1. The highest BCUT2D eigenvalue weighted by Gasteiger charge is 2.12. The molecule has 0 aliphatic heterocycles. The van der Waals surface area contributed by atoms with Crippen molar-refractivity contribution in [2.24, 2.45) is 0 Å². The van der Waals surface area contributed by atoms with Crippen LogP contribution in [-0.2, 0) is 6.54 Å². The number of hydrogen-bond acceptors (Lipinski definition) is 4. The molecule has 0 saturated heterocycles. The minimum absolute atomic E-state index is 0.876. The summed E-state index contributed by atoms with van der Waals surface area (Å²) >= 11 is 1.90. The smallest absolute Gasteiger partial charge is 0.133 e. The van der Waals surface area contributed by atoms with Crippen LogP contribution in [0.1, 0.15) is 23.2 Å². The Morgan fingerprint density at radius 2 is 2.11 bits per heavy atom. The van der Waals surface area contributed by atoms with Crippen LogP contribution in [0, 0.1) is 13.8 Å². The summed E-state index contributed by atoms with van der Waals surface area (Å²) in [6, 6.07) is 2.16. The number of aromatic nitrogens is 1. The largest absolute Gasteiger partial charge is 0.359 e. The van der Waals surface area contributed by atoms with Crippen LogP contribution in [0.4, 0.5) is 5.82 Å². The van der Waals surface area contributed by atoms with Gasteiger partial charge in [-0.05, 0) is 51.0 Å². The molecule has 0 aliphatic rings.